The van der Waals surface area contributed by atoms with Gasteiger partial charge in [-0.2, -0.15) is 0 Å². The van der Waals surface area contributed by atoms with E-state index in [0.29, 0.717) is 11.5 Å². The van der Waals surface area contributed by atoms with Gasteiger partial charge in [0.05, 0.1) is 0 Å². The van der Waals surface area contributed by atoms with Gasteiger partial charge in [0.2, 0.25) is 0 Å². The zero-order valence-corrected chi connectivity index (χ0v) is 20.0. The Morgan fingerprint density at radius 3 is 1.23 bits per heavy atom. The minimum absolute atomic E-state index is 0. The van der Waals surface area contributed by atoms with Gasteiger partial charge in [-0.05, 0) is 0 Å². The fourth-order valence-electron chi connectivity index (χ4n) is 1.06. The van der Waals surface area contributed by atoms with Gasteiger partial charge in [0.15, 0.2) is 0 Å². The summed E-state index contributed by atoms with van der Waals surface area (Å²) in [5.74, 6) is 0.592. The van der Waals surface area contributed by atoms with E-state index >= 15 is 0 Å². The average Bonchev–Trinajstić information content (AvgIpc) is 2.32. The molecule has 0 aromatic rings. The van der Waals surface area contributed by atoms with Crippen LogP contribution in [0, 0.1) is 0 Å². The van der Waals surface area contributed by atoms with E-state index in [1.165, 1.54) is 21.6 Å². The van der Waals surface area contributed by atoms with Gasteiger partial charge in [-0.25, -0.2) is 0 Å². The summed E-state index contributed by atoms with van der Waals surface area (Å²) in [5.41, 5.74) is 22.7. The molecule has 122 valence electrons. The quantitative estimate of drug-likeness (QED) is 0.110. The van der Waals surface area contributed by atoms with Crippen LogP contribution in [0.2, 0.25) is 0 Å². The van der Waals surface area contributed by atoms with Crippen molar-refractivity contribution in [2.75, 3.05) is 23.0 Å². The smallest absolute Gasteiger partial charge is 0.772 e. The first-order valence-electron chi connectivity index (χ1n) is 5.62. The molecule has 8 nitrogen and oxygen atoms in total. The predicted molar refractivity (Wildman–Crippen MR) is 84.4 cm³/mol. The van der Waals surface area contributed by atoms with Crippen molar-refractivity contribution in [1.29, 1.82) is 0 Å². The monoisotopic (exact) mass is 410 g/mol. The average molecular weight is 411 g/mol. The third-order valence-electron chi connectivity index (χ3n) is 2.36. The van der Waals surface area contributed by atoms with Crippen LogP contribution in [0.25, 0.3) is 0 Å². The van der Waals surface area contributed by atoms with Crippen molar-refractivity contribution in [2.45, 2.75) is 24.2 Å². The van der Waals surface area contributed by atoms with E-state index in [2.05, 4.69) is 0 Å². The molecule has 0 radical (unpaired) electrons. The van der Waals surface area contributed by atoms with Crippen LogP contribution in [0.15, 0.2) is 0 Å². The molecular weight excluding hydrogens is 390 g/mol. The van der Waals surface area contributed by atoms with Crippen molar-refractivity contribution in [3.8, 4) is 0 Å². The minimum atomic E-state index is -2.21. The Balaban J connectivity index is -0.00000180. The number of rotatable bonds is 11. The minimum Gasteiger partial charge on any atom is -0.772 e. The summed E-state index contributed by atoms with van der Waals surface area (Å²) in [4.78, 5) is 0. The maximum atomic E-state index is 10.5. The van der Waals surface area contributed by atoms with Crippen molar-refractivity contribution < 1.29 is 76.6 Å². The fourth-order valence-corrected chi connectivity index (χ4v) is 4.71. The molecule has 0 rings (SSSR count). The van der Waals surface area contributed by atoms with E-state index in [1.807, 2.05) is 0 Å². The topological polar surface area (TPSA) is 184 Å². The Bertz CT molecular complexity index is 305. The first kappa shape index (κ1) is 29.5. The van der Waals surface area contributed by atoms with E-state index in [9.17, 15) is 17.5 Å². The summed E-state index contributed by atoms with van der Waals surface area (Å²) >= 11 is -4.42. The Hall–Kier alpha value is 2.76. The van der Waals surface area contributed by atoms with Crippen molar-refractivity contribution in [2.24, 2.45) is 22.9 Å². The maximum absolute atomic E-state index is 10.5. The summed E-state index contributed by atoms with van der Waals surface area (Å²) in [5, 5.41) is 0. The zero-order valence-electron chi connectivity index (χ0n) is 12.7. The summed E-state index contributed by atoms with van der Waals surface area (Å²) in [6.45, 7) is 0. The summed E-state index contributed by atoms with van der Waals surface area (Å²) in [6, 6.07) is -2.10. The summed E-state index contributed by atoms with van der Waals surface area (Å²) < 4.78 is 41.9. The van der Waals surface area contributed by atoms with E-state index in [0.717, 1.165) is 0 Å². The van der Waals surface area contributed by atoms with Crippen LogP contribution >= 0.6 is 21.6 Å². The molecule has 0 aliphatic carbocycles. The predicted octanol–water partition coefficient (Wildman–Crippen LogP) is -8.56. The molecule has 14 heteroatoms. The molecular formula is C8H20N4Na2O4S4. The number of hydrogen-bond donors (Lipinski definition) is 4. The first-order chi connectivity index (χ1) is 9.23. The van der Waals surface area contributed by atoms with E-state index < -0.39 is 46.3 Å². The fraction of sp³-hybridized carbons (Fsp3) is 1.00. The zero-order chi connectivity index (χ0) is 15.7. The van der Waals surface area contributed by atoms with Crippen molar-refractivity contribution in [3.05, 3.63) is 0 Å². The van der Waals surface area contributed by atoms with Crippen LogP contribution in [0.4, 0.5) is 0 Å². The summed E-state index contributed by atoms with van der Waals surface area (Å²) in [7, 11) is 2.81. The van der Waals surface area contributed by atoms with Gasteiger partial charge in [-0.1, -0.05) is 43.7 Å². The second-order valence-electron chi connectivity index (χ2n) is 4.17. The van der Waals surface area contributed by atoms with Gasteiger partial charge in [-0.3, -0.25) is 8.42 Å². The van der Waals surface area contributed by atoms with E-state index in [4.69, 9.17) is 22.9 Å². The molecule has 0 saturated carbocycles. The second-order valence-corrected chi connectivity index (χ2v) is 8.60. The molecule has 0 amide bonds. The van der Waals surface area contributed by atoms with Gasteiger partial charge in [-0.15, -0.1) is 0 Å². The van der Waals surface area contributed by atoms with Gasteiger partial charge in [0.25, 0.3) is 0 Å². The molecule has 0 fully saturated rings. The molecule has 0 heterocycles. The van der Waals surface area contributed by atoms with E-state index in [-0.39, 0.29) is 70.6 Å². The maximum Gasteiger partial charge on any atom is 1.00 e. The van der Waals surface area contributed by atoms with Gasteiger partial charge < -0.3 is 32.0 Å². The SMILES string of the molecule is N[C@H](CSSC[C@@H](N)[C@H](N)CS(=O)[O-])[C@H](N)CS(=O)[O-].[Na+].[Na+]. The molecule has 0 saturated heterocycles. The largest absolute Gasteiger partial charge is 1.00 e. The Labute approximate surface area is 188 Å². The second kappa shape index (κ2) is 17.2. The van der Waals surface area contributed by atoms with Gasteiger partial charge >= 0.3 is 59.1 Å². The molecule has 0 bridgehead atoms. The van der Waals surface area contributed by atoms with Crippen LogP contribution in [-0.2, 0) is 22.2 Å². The molecule has 0 aromatic heterocycles. The van der Waals surface area contributed by atoms with Crippen molar-refractivity contribution in [1.82, 2.24) is 0 Å². The Morgan fingerprint density at radius 2 is 1.00 bits per heavy atom. The molecule has 0 aliphatic rings. The van der Waals surface area contributed by atoms with Crippen LogP contribution in [0.3, 0.4) is 0 Å². The van der Waals surface area contributed by atoms with Crippen molar-refractivity contribution >= 4 is 43.7 Å². The summed E-state index contributed by atoms with van der Waals surface area (Å²) in [6.07, 6.45) is 0. The van der Waals surface area contributed by atoms with Gasteiger partial charge in [0.1, 0.15) is 0 Å². The van der Waals surface area contributed by atoms with Crippen LogP contribution < -0.4 is 82.0 Å². The van der Waals surface area contributed by atoms with Crippen LogP contribution in [-0.4, -0.2) is 64.7 Å². The van der Waals surface area contributed by atoms with Gasteiger partial charge in [0, 0.05) is 47.2 Å². The third kappa shape index (κ3) is 16.2. The van der Waals surface area contributed by atoms with Crippen LogP contribution in [0.5, 0.6) is 0 Å². The normalized spacial score (nSPS) is 19.0. The van der Waals surface area contributed by atoms with Crippen LogP contribution in [0.1, 0.15) is 0 Å². The molecule has 2 unspecified atom stereocenters. The Morgan fingerprint density at radius 1 is 0.727 bits per heavy atom. The molecule has 0 aromatic carbocycles. The number of nitrogens with two attached hydrogens (primary N) is 4. The molecule has 0 aliphatic heterocycles. The standard InChI is InChI=1S/C8H22N4O4S4.2Na/c9-5(7(11)3-19(13)14)1-17-18-2-6(10)8(12)4-20(15)16;;/h5-8H,1-4,9-12H2,(H,13,14)(H,15,16);;/q;2*+1/p-2/t5-,6-,7-,8-;;/m1../s1. The molecule has 6 atom stereocenters. The first-order valence-corrected chi connectivity index (χ1v) is 10.6. The molecule has 0 spiro atoms. The Kier molecular flexibility index (Phi) is 23.1. The third-order valence-corrected chi connectivity index (χ3v) is 6.20. The van der Waals surface area contributed by atoms with Crippen molar-refractivity contribution in [3.63, 3.8) is 0 Å². The number of hydrogen-bond acceptors (Lipinski definition) is 10. The molecule has 8 N–H and O–H groups in total. The molecule has 22 heavy (non-hydrogen) atoms. The van der Waals surface area contributed by atoms with E-state index in [1.54, 1.807) is 0 Å².